The largest absolute Gasteiger partial charge is 0.494 e. The van der Waals surface area contributed by atoms with Crippen LogP contribution in [-0.4, -0.2) is 23.6 Å². The van der Waals surface area contributed by atoms with Crippen molar-refractivity contribution in [3.63, 3.8) is 0 Å². The summed E-state index contributed by atoms with van der Waals surface area (Å²) in [5.41, 5.74) is 0.548. The Bertz CT molecular complexity index is 370. The monoisotopic (exact) mass is 264 g/mol. The third-order valence-corrected chi connectivity index (χ3v) is 3.08. The lowest BCUT2D eigenvalue weighted by atomic mass is 10.0. The maximum absolute atomic E-state index is 12.0. The molecule has 0 fully saturated rings. The number of unbranched alkanes of at least 4 members (excludes halogenated alkanes) is 3. The fraction of sp³-hybridized carbons (Fsp3) is 0.562. The number of Topliss-reactive ketones (excluding diaryl/α,β-unsaturated/α-hetero) is 1. The lowest BCUT2D eigenvalue weighted by Gasteiger charge is -2.10. The van der Waals surface area contributed by atoms with Gasteiger partial charge in [0.15, 0.2) is 5.78 Å². The van der Waals surface area contributed by atoms with Crippen molar-refractivity contribution < 1.29 is 14.6 Å². The number of hydrogen-bond donors (Lipinski definition) is 1. The zero-order valence-corrected chi connectivity index (χ0v) is 11.9. The molecular formula is C16H24O3. The average Bonchev–Trinajstić information content (AvgIpc) is 2.44. The Balaban J connectivity index is 2.47. The van der Waals surface area contributed by atoms with Gasteiger partial charge in [-0.05, 0) is 37.6 Å². The number of benzene rings is 1. The van der Waals surface area contributed by atoms with Crippen molar-refractivity contribution in [3.8, 4) is 5.75 Å². The molecule has 0 aliphatic rings. The van der Waals surface area contributed by atoms with Crippen LogP contribution in [0.5, 0.6) is 5.75 Å². The van der Waals surface area contributed by atoms with Crippen LogP contribution in [0.1, 0.15) is 56.3 Å². The van der Waals surface area contributed by atoms with Crippen LogP contribution in [0.25, 0.3) is 0 Å². The molecule has 3 nitrogen and oxygen atoms in total. The Kier molecular flexibility index (Phi) is 7.19. The maximum Gasteiger partial charge on any atom is 0.191 e. The minimum absolute atomic E-state index is 0.195. The Morgan fingerprint density at radius 1 is 1.16 bits per heavy atom. The van der Waals surface area contributed by atoms with Crippen LogP contribution < -0.4 is 4.74 Å². The minimum atomic E-state index is -0.880. The quantitative estimate of drug-likeness (QED) is 0.547. The van der Waals surface area contributed by atoms with E-state index in [0.717, 1.165) is 31.4 Å². The third kappa shape index (κ3) is 5.43. The van der Waals surface area contributed by atoms with E-state index in [9.17, 15) is 9.90 Å². The van der Waals surface area contributed by atoms with Gasteiger partial charge >= 0.3 is 0 Å². The summed E-state index contributed by atoms with van der Waals surface area (Å²) >= 11 is 0. The molecule has 1 atom stereocenters. The van der Waals surface area contributed by atoms with Gasteiger partial charge in [0, 0.05) is 5.56 Å². The van der Waals surface area contributed by atoms with Crippen LogP contribution in [-0.2, 0) is 0 Å². The second-order valence-corrected chi connectivity index (χ2v) is 4.69. The van der Waals surface area contributed by atoms with Crippen molar-refractivity contribution in [2.24, 2.45) is 0 Å². The van der Waals surface area contributed by atoms with Gasteiger partial charge in [-0.15, -0.1) is 0 Å². The number of carbonyl (C=O) groups excluding carboxylic acids is 1. The van der Waals surface area contributed by atoms with Gasteiger partial charge in [-0.2, -0.15) is 0 Å². The van der Waals surface area contributed by atoms with E-state index >= 15 is 0 Å². The van der Waals surface area contributed by atoms with Crippen molar-refractivity contribution in [3.05, 3.63) is 29.8 Å². The molecule has 0 heterocycles. The number of ether oxygens (including phenoxy) is 1. The van der Waals surface area contributed by atoms with Crippen molar-refractivity contribution in [1.29, 1.82) is 0 Å². The van der Waals surface area contributed by atoms with E-state index in [1.165, 1.54) is 0 Å². The van der Waals surface area contributed by atoms with Crippen molar-refractivity contribution >= 4 is 5.78 Å². The van der Waals surface area contributed by atoms with Gasteiger partial charge in [-0.1, -0.05) is 32.6 Å². The number of aliphatic hydroxyl groups excluding tert-OH is 1. The van der Waals surface area contributed by atoms with E-state index in [1.807, 2.05) is 6.92 Å². The van der Waals surface area contributed by atoms with Gasteiger partial charge in [0.05, 0.1) is 6.61 Å². The van der Waals surface area contributed by atoms with Crippen LogP contribution >= 0.6 is 0 Å². The van der Waals surface area contributed by atoms with E-state index < -0.39 is 6.10 Å². The first-order chi connectivity index (χ1) is 9.19. The van der Waals surface area contributed by atoms with Gasteiger partial charge < -0.3 is 9.84 Å². The summed E-state index contributed by atoms with van der Waals surface area (Å²) < 4.78 is 5.32. The summed E-state index contributed by atoms with van der Waals surface area (Å²) in [6.45, 7) is 4.66. The molecule has 0 amide bonds. The molecule has 0 bridgehead atoms. The smallest absolute Gasteiger partial charge is 0.191 e. The Morgan fingerprint density at radius 3 is 2.42 bits per heavy atom. The average molecular weight is 264 g/mol. The lowest BCUT2D eigenvalue weighted by molar-refractivity contribution is 0.0725. The van der Waals surface area contributed by atoms with Crippen LogP contribution in [0.4, 0.5) is 0 Å². The van der Waals surface area contributed by atoms with Crippen molar-refractivity contribution in [2.45, 2.75) is 52.1 Å². The van der Waals surface area contributed by atoms with Gasteiger partial charge in [0.25, 0.3) is 0 Å². The predicted octanol–water partition coefficient (Wildman–Crippen LogP) is 3.60. The molecule has 3 heteroatoms. The highest BCUT2D eigenvalue weighted by Crippen LogP contribution is 2.15. The van der Waals surface area contributed by atoms with Crippen molar-refractivity contribution in [2.75, 3.05) is 6.61 Å². The highest BCUT2D eigenvalue weighted by atomic mass is 16.5. The first-order valence-corrected chi connectivity index (χ1v) is 7.14. The fourth-order valence-electron chi connectivity index (χ4n) is 1.97. The molecule has 0 saturated heterocycles. The first kappa shape index (κ1) is 15.7. The number of aliphatic hydroxyl groups is 1. The number of rotatable bonds is 9. The second kappa shape index (κ2) is 8.70. The summed E-state index contributed by atoms with van der Waals surface area (Å²) in [4.78, 5) is 12.0. The Morgan fingerprint density at radius 2 is 1.84 bits per heavy atom. The van der Waals surface area contributed by atoms with Gasteiger partial charge in [0.2, 0.25) is 0 Å². The van der Waals surface area contributed by atoms with E-state index in [-0.39, 0.29) is 5.78 Å². The molecule has 1 N–H and O–H groups in total. The molecule has 0 spiro atoms. The SMILES string of the molecule is CCCCCCC(O)C(=O)c1ccc(OCC)cc1. The van der Waals surface area contributed by atoms with Crippen LogP contribution in [0, 0.1) is 0 Å². The molecule has 0 radical (unpaired) electrons. The van der Waals surface area contributed by atoms with Crippen LogP contribution in [0.2, 0.25) is 0 Å². The highest BCUT2D eigenvalue weighted by molar-refractivity contribution is 5.99. The third-order valence-electron chi connectivity index (χ3n) is 3.08. The molecule has 1 aromatic rings. The standard InChI is InChI=1S/C16H24O3/c1-3-5-6-7-8-15(17)16(18)13-9-11-14(12-10-13)19-4-2/h9-12,15,17H,3-8H2,1-2H3. The van der Waals surface area contributed by atoms with E-state index in [1.54, 1.807) is 24.3 Å². The molecule has 1 rings (SSSR count). The van der Waals surface area contributed by atoms with E-state index in [2.05, 4.69) is 6.92 Å². The summed E-state index contributed by atoms with van der Waals surface area (Å²) in [7, 11) is 0. The fourth-order valence-corrected chi connectivity index (χ4v) is 1.97. The van der Waals surface area contributed by atoms with Crippen LogP contribution in [0.15, 0.2) is 24.3 Å². The molecule has 1 unspecified atom stereocenters. The second-order valence-electron chi connectivity index (χ2n) is 4.69. The topological polar surface area (TPSA) is 46.5 Å². The summed E-state index contributed by atoms with van der Waals surface area (Å²) in [5, 5.41) is 9.86. The number of hydrogen-bond acceptors (Lipinski definition) is 3. The summed E-state index contributed by atoms with van der Waals surface area (Å²) in [5.74, 6) is 0.552. The van der Waals surface area contributed by atoms with Crippen molar-refractivity contribution in [1.82, 2.24) is 0 Å². The van der Waals surface area contributed by atoms with Crippen LogP contribution in [0.3, 0.4) is 0 Å². The normalized spacial score (nSPS) is 12.2. The van der Waals surface area contributed by atoms with E-state index in [4.69, 9.17) is 4.74 Å². The minimum Gasteiger partial charge on any atom is -0.494 e. The Labute approximate surface area is 115 Å². The molecule has 106 valence electrons. The first-order valence-electron chi connectivity index (χ1n) is 7.14. The lowest BCUT2D eigenvalue weighted by Crippen LogP contribution is -2.20. The zero-order valence-electron chi connectivity index (χ0n) is 11.9. The summed E-state index contributed by atoms with van der Waals surface area (Å²) in [6, 6.07) is 6.95. The molecule has 1 aromatic carbocycles. The van der Waals surface area contributed by atoms with Gasteiger partial charge in [0.1, 0.15) is 11.9 Å². The molecule has 0 aliphatic heterocycles. The molecule has 19 heavy (non-hydrogen) atoms. The predicted molar refractivity (Wildman–Crippen MR) is 76.7 cm³/mol. The van der Waals surface area contributed by atoms with Gasteiger partial charge in [-0.25, -0.2) is 0 Å². The number of carbonyl (C=O) groups is 1. The molecular weight excluding hydrogens is 240 g/mol. The Hall–Kier alpha value is -1.35. The zero-order chi connectivity index (χ0) is 14.1. The van der Waals surface area contributed by atoms with Gasteiger partial charge in [-0.3, -0.25) is 4.79 Å². The molecule has 0 saturated carbocycles. The number of ketones is 1. The maximum atomic E-state index is 12.0. The van der Waals surface area contributed by atoms with E-state index in [0.29, 0.717) is 18.6 Å². The summed E-state index contributed by atoms with van der Waals surface area (Å²) in [6.07, 6.45) is 3.95. The molecule has 0 aromatic heterocycles. The molecule has 0 aliphatic carbocycles. The highest BCUT2D eigenvalue weighted by Gasteiger charge is 2.16.